The quantitative estimate of drug-likeness (QED) is 0.871. The molecule has 1 amide bonds. The molecule has 6 heteroatoms. The van der Waals surface area contributed by atoms with Crippen LogP contribution in [0.1, 0.15) is 37.7 Å². The van der Waals surface area contributed by atoms with Crippen LogP contribution in [0.5, 0.6) is 0 Å². The Labute approximate surface area is 153 Å². The molecule has 5 nitrogen and oxygen atoms in total. The van der Waals surface area contributed by atoms with Gasteiger partial charge in [-0.25, -0.2) is 4.79 Å². The fourth-order valence-electron chi connectivity index (χ4n) is 4.21. The van der Waals surface area contributed by atoms with Crippen LogP contribution in [0.2, 0.25) is 5.02 Å². The lowest BCUT2D eigenvalue weighted by atomic mass is 9.69. The summed E-state index contributed by atoms with van der Waals surface area (Å²) in [5, 5.41) is 19.7. The van der Waals surface area contributed by atoms with Gasteiger partial charge in [0.05, 0.1) is 11.5 Å². The number of benzene rings is 1. The van der Waals surface area contributed by atoms with E-state index in [1.165, 1.54) is 4.90 Å². The monoisotopic (exact) mass is 361 g/mol. The molecule has 3 rings (SSSR count). The summed E-state index contributed by atoms with van der Waals surface area (Å²) >= 11 is 6.12. The number of hydrogen-bond acceptors (Lipinski definition) is 3. The summed E-state index contributed by atoms with van der Waals surface area (Å²) in [7, 11) is 0. The predicted molar refractivity (Wildman–Crippen MR) is 96.8 cm³/mol. The first-order chi connectivity index (χ1) is 12.0. The number of nitrogens with zero attached hydrogens (tertiary/aromatic N) is 3. The summed E-state index contributed by atoms with van der Waals surface area (Å²) in [6.45, 7) is 2.91. The molecule has 0 unspecified atom stereocenters. The van der Waals surface area contributed by atoms with Gasteiger partial charge in [0.15, 0.2) is 0 Å². The average Bonchev–Trinajstić information content (AvgIpc) is 2.88. The van der Waals surface area contributed by atoms with E-state index in [2.05, 4.69) is 11.0 Å². The van der Waals surface area contributed by atoms with Crippen LogP contribution in [0.4, 0.5) is 4.79 Å². The van der Waals surface area contributed by atoms with Crippen LogP contribution in [0, 0.1) is 11.3 Å². The van der Waals surface area contributed by atoms with E-state index in [1.54, 1.807) is 0 Å². The van der Waals surface area contributed by atoms with E-state index in [-0.39, 0.29) is 0 Å². The van der Waals surface area contributed by atoms with Gasteiger partial charge in [0.1, 0.15) is 0 Å². The predicted octanol–water partition coefficient (Wildman–Crippen LogP) is 3.73. The maximum absolute atomic E-state index is 11.2. The second-order valence-corrected chi connectivity index (χ2v) is 7.53. The Bertz CT molecular complexity index is 665. The van der Waals surface area contributed by atoms with Crippen LogP contribution in [0.25, 0.3) is 0 Å². The zero-order valence-electron chi connectivity index (χ0n) is 14.3. The van der Waals surface area contributed by atoms with Crippen molar-refractivity contribution in [2.75, 3.05) is 26.2 Å². The third-order valence-electron chi connectivity index (χ3n) is 5.72. The van der Waals surface area contributed by atoms with Crippen LogP contribution >= 0.6 is 11.6 Å². The standard InChI is InChI=1S/C19H24ClN3O2/c20-16-4-1-3-15(13-16)19(14-21)7-5-17(6-8-19)22-9-2-10-23(12-11-22)18(24)25/h1,3-4,13,17H,2,5-12H2,(H,24,25). The summed E-state index contributed by atoms with van der Waals surface area (Å²) in [6.07, 6.45) is 3.64. The molecule has 1 aliphatic carbocycles. The Kier molecular flexibility index (Phi) is 5.51. The van der Waals surface area contributed by atoms with Gasteiger partial charge >= 0.3 is 6.09 Å². The van der Waals surface area contributed by atoms with Gasteiger partial charge in [-0.1, -0.05) is 23.7 Å². The molecule has 2 aliphatic rings. The molecule has 1 aliphatic heterocycles. The number of halogens is 1. The molecule has 0 atom stereocenters. The van der Waals surface area contributed by atoms with Crippen LogP contribution in [0.15, 0.2) is 24.3 Å². The number of rotatable bonds is 2. The van der Waals surface area contributed by atoms with Gasteiger partial charge in [0, 0.05) is 37.2 Å². The topological polar surface area (TPSA) is 67.6 Å². The first kappa shape index (κ1) is 18.0. The second kappa shape index (κ2) is 7.63. The maximum Gasteiger partial charge on any atom is 0.407 e. The maximum atomic E-state index is 11.2. The van der Waals surface area contributed by atoms with Gasteiger partial charge in [-0.05, 0) is 49.8 Å². The molecular formula is C19H24ClN3O2. The Morgan fingerprint density at radius 3 is 2.64 bits per heavy atom. The fraction of sp³-hybridized carbons (Fsp3) is 0.579. The number of amides is 1. The highest BCUT2D eigenvalue weighted by Gasteiger charge is 2.39. The van der Waals surface area contributed by atoms with Gasteiger partial charge in [-0.3, -0.25) is 4.90 Å². The summed E-state index contributed by atoms with van der Waals surface area (Å²) < 4.78 is 0. The van der Waals surface area contributed by atoms with Gasteiger partial charge < -0.3 is 10.0 Å². The van der Waals surface area contributed by atoms with Gasteiger partial charge in [0.25, 0.3) is 0 Å². The Balaban J connectivity index is 1.65. The normalized spacial score (nSPS) is 28.2. The van der Waals surface area contributed by atoms with Crippen LogP contribution in [-0.2, 0) is 5.41 Å². The minimum absolute atomic E-state index is 0.439. The van der Waals surface area contributed by atoms with Crippen molar-refractivity contribution in [1.82, 2.24) is 9.80 Å². The summed E-state index contributed by atoms with van der Waals surface area (Å²) in [6, 6.07) is 10.7. The molecule has 1 saturated heterocycles. The molecule has 2 fully saturated rings. The molecule has 0 aromatic heterocycles. The Morgan fingerprint density at radius 1 is 1.24 bits per heavy atom. The molecular weight excluding hydrogens is 338 g/mol. The summed E-state index contributed by atoms with van der Waals surface area (Å²) in [5.74, 6) is 0. The van der Waals surface area contributed by atoms with E-state index in [4.69, 9.17) is 16.7 Å². The van der Waals surface area contributed by atoms with Crippen molar-refractivity contribution in [3.63, 3.8) is 0 Å². The van der Waals surface area contributed by atoms with E-state index >= 15 is 0 Å². The molecule has 0 spiro atoms. The third-order valence-corrected chi connectivity index (χ3v) is 5.95. The van der Waals surface area contributed by atoms with Crippen molar-refractivity contribution >= 4 is 17.7 Å². The van der Waals surface area contributed by atoms with Crippen molar-refractivity contribution in [2.24, 2.45) is 0 Å². The van der Waals surface area contributed by atoms with Crippen molar-refractivity contribution in [3.8, 4) is 6.07 Å². The van der Waals surface area contributed by atoms with Crippen molar-refractivity contribution in [2.45, 2.75) is 43.6 Å². The zero-order chi connectivity index (χ0) is 17.9. The summed E-state index contributed by atoms with van der Waals surface area (Å²) in [5.41, 5.74) is 0.578. The number of hydrogen-bond donors (Lipinski definition) is 1. The first-order valence-corrected chi connectivity index (χ1v) is 9.31. The Hall–Kier alpha value is -1.77. The van der Waals surface area contributed by atoms with Gasteiger partial charge in [-0.2, -0.15) is 5.26 Å². The van der Waals surface area contributed by atoms with E-state index < -0.39 is 11.5 Å². The van der Waals surface area contributed by atoms with Crippen LogP contribution < -0.4 is 0 Å². The molecule has 0 radical (unpaired) electrons. The number of carbonyl (C=O) groups is 1. The average molecular weight is 362 g/mol. The highest BCUT2D eigenvalue weighted by molar-refractivity contribution is 6.30. The Morgan fingerprint density at radius 2 is 2.00 bits per heavy atom. The fourth-order valence-corrected chi connectivity index (χ4v) is 4.40. The molecule has 134 valence electrons. The second-order valence-electron chi connectivity index (χ2n) is 7.09. The van der Waals surface area contributed by atoms with Crippen LogP contribution in [0.3, 0.4) is 0 Å². The number of nitriles is 1. The number of carboxylic acid groups (broad SMARTS) is 1. The van der Waals surface area contributed by atoms with E-state index in [9.17, 15) is 10.1 Å². The largest absolute Gasteiger partial charge is 0.465 e. The zero-order valence-corrected chi connectivity index (χ0v) is 15.1. The first-order valence-electron chi connectivity index (χ1n) is 8.93. The third kappa shape index (κ3) is 3.91. The molecule has 1 heterocycles. The van der Waals surface area contributed by atoms with Gasteiger partial charge in [0.2, 0.25) is 0 Å². The minimum Gasteiger partial charge on any atom is -0.465 e. The van der Waals surface area contributed by atoms with Crippen molar-refractivity contribution in [3.05, 3.63) is 34.9 Å². The highest BCUT2D eigenvalue weighted by atomic mass is 35.5. The molecule has 0 bridgehead atoms. The lowest BCUT2D eigenvalue weighted by molar-refractivity contribution is 0.131. The minimum atomic E-state index is -0.824. The lowest BCUT2D eigenvalue weighted by Gasteiger charge is -2.40. The SMILES string of the molecule is N#CC1(c2cccc(Cl)c2)CCC(N2CCCN(C(=O)O)CC2)CC1. The summed E-state index contributed by atoms with van der Waals surface area (Å²) in [4.78, 5) is 15.1. The van der Waals surface area contributed by atoms with Crippen LogP contribution in [-0.4, -0.2) is 53.2 Å². The van der Waals surface area contributed by atoms with Crippen molar-refractivity contribution < 1.29 is 9.90 Å². The molecule has 25 heavy (non-hydrogen) atoms. The lowest BCUT2D eigenvalue weighted by Crippen LogP contribution is -2.44. The van der Waals surface area contributed by atoms with Gasteiger partial charge in [-0.15, -0.1) is 0 Å². The highest BCUT2D eigenvalue weighted by Crippen LogP contribution is 2.41. The van der Waals surface area contributed by atoms with E-state index in [0.717, 1.165) is 50.8 Å². The molecule has 1 aromatic carbocycles. The van der Waals surface area contributed by atoms with E-state index in [1.807, 2.05) is 24.3 Å². The van der Waals surface area contributed by atoms with E-state index in [0.29, 0.717) is 24.2 Å². The molecule has 1 saturated carbocycles. The molecule has 1 N–H and O–H groups in total. The molecule has 1 aromatic rings. The smallest absolute Gasteiger partial charge is 0.407 e. The van der Waals surface area contributed by atoms with Crippen molar-refractivity contribution in [1.29, 1.82) is 5.26 Å².